The van der Waals surface area contributed by atoms with Crippen LogP contribution in [0.25, 0.3) is 0 Å². The summed E-state index contributed by atoms with van der Waals surface area (Å²) in [4.78, 5) is 12.5. The van der Waals surface area contributed by atoms with Crippen molar-refractivity contribution < 1.29 is 29.6 Å². The number of quaternary nitrogens is 2. The highest BCUT2D eigenvalue weighted by Gasteiger charge is 2.31. The Morgan fingerprint density at radius 2 is 2.26 bits per heavy atom. The molecule has 2 aliphatic heterocycles. The van der Waals surface area contributed by atoms with Crippen LogP contribution in [0.4, 0.5) is 0 Å². The Bertz CT molecular complexity index is 563. The number of morpholine rings is 1. The van der Waals surface area contributed by atoms with E-state index in [4.69, 9.17) is 9.47 Å². The molecule has 0 spiro atoms. The highest BCUT2D eigenvalue weighted by molar-refractivity contribution is 7.99. The lowest BCUT2D eigenvalue weighted by atomic mass is 10.1. The molecule has 23 heavy (non-hydrogen) atoms. The number of nitrogens with two attached hydrogens (primary N) is 1. The molecule has 7 heteroatoms. The molecule has 3 rings (SSSR count). The van der Waals surface area contributed by atoms with Crippen LogP contribution in [-0.2, 0) is 16.1 Å². The molecular weight excluding hydrogens is 316 g/mol. The van der Waals surface area contributed by atoms with Crippen molar-refractivity contribution in [2.24, 2.45) is 0 Å². The van der Waals surface area contributed by atoms with Crippen LogP contribution in [0.15, 0.2) is 18.2 Å². The van der Waals surface area contributed by atoms with E-state index >= 15 is 0 Å². The van der Waals surface area contributed by atoms with Crippen molar-refractivity contribution in [3.8, 4) is 5.75 Å². The zero-order chi connectivity index (χ0) is 16.2. The molecule has 3 N–H and O–H groups in total. The number of aliphatic carboxylic acids is 1. The molecule has 2 atom stereocenters. The highest BCUT2D eigenvalue weighted by atomic mass is 32.2. The summed E-state index contributed by atoms with van der Waals surface area (Å²) in [6.45, 7) is 4.52. The van der Waals surface area contributed by atoms with E-state index in [1.165, 1.54) is 10.5 Å². The predicted octanol–water partition coefficient (Wildman–Crippen LogP) is -2.46. The minimum Gasteiger partial charge on any atom is -0.544 e. The number of carbonyl (C=O) groups excluding carboxylic acids is 1. The van der Waals surface area contributed by atoms with Crippen molar-refractivity contribution >= 4 is 17.7 Å². The van der Waals surface area contributed by atoms with E-state index in [9.17, 15) is 9.90 Å². The van der Waals surface area contributed by atoms with Crippen molar-refractivity contribution in [3.63, 3.8) is 0 Å². The Balaban J connectivity index is 1.74. The Kier molecular flexibility index (Phi) is 5.42. The molecule has 2 heterocycles. The number of hydrogen-bond acceptors (Lipinski definition) is 5. The molecular formula is C16H23N2O4S+. The van der Waals surface area contributed by atoms with Crippen LogP contribution in [0.5, 0.6) is 5.75 Å². The van der Waals surface area contributed by atoms with E-state index in [0.717, 1.165) is 44.2 Å². The number of carboxylic acids is 1. The van der Waals surface area contributed by atoms with Gasteiger partial charge in [-0.25, -0.2) is 0 Å². The number of rotatable bonds is 5. The second kappa shape index (κ2) is 7.53. The molecule has 0 amide bonds. The smallest absolute Gasteiger partial charge is 0.159 e. The topological polar surface area (TPSA) is 79.6 Å². The van der Waals surface area contributed by atoms with Crippen molar-refractivity contribution in [1.82, 2.24) is 0 Å². The lowest BCUT2D eigenvalue weighted by molar-refractivity contribution is -0.921. The van der Waals surface area contributed by atoms with Crippen LogP contribution in [-0.4, -0.2) is 51.2 Å². The van der Waals surface area contributed by atoms with Gasteiger partial charge >= 0.3 is 0 Å². The molecule has 0 saturated carbocycles. The van der Waals surface area contributed by atoms with Crippen LogP contribution in [0.3, 0.4) is 0 Å². The van der Waals surface area contributed by atoms with Crippen molar-refractivity contribution in [3.05, 3.63) is 29.3 Å². The van der Waals surface area contributed by atoms with Crippen LogP contribution in [0, 0.1) is 0 Å². The molecule has 2 saturated heterocycles. The molecule has 1 aromatic rings. The van der Waals surface area contributed by atoms with Gasteiger partial charge in [0.25, 0.3) is 0 Å². The average molecular weight is 339 g/mol. The first-order valence-electron chi connectivity index (χ1n) is 7.93. The lowest BCUT2D eigenvalue weighted by Crippen LogP contribution is -3.12. The summed E-state index contributed by atoms with van der Waals surface area (Å²) in [5.74, 6) is 0.502. The van der Waals surface area contributed by atoms with Crippen LogP contribution >= 0.6 is 11.8 Å². The SMILES string of the molecule is COc1ccc(C2[NH2+]C(C(=O)[O-])CS2)cc1C[NH+]1CCOCC1. The van der Waals surface area contributed by atoms with E-state index in [2.05, 4.69) is 6.07 Å². The molecule has 1 aromatic carbocycles. The minimum absolute atomic E-state index is 0.113. The Hall–Kier alpha value is -1.28. The van der Waals surface area contributed by atoms with E-state index in [1.54, 1.807) is 18.9 Å². The summed E-state index contributed by atoms with van der Waals surface area (Å²) in [5, 5.41) is 13.0. The zero-order valence-electron chi connectivity index (χ0n) is 13.2. The van der Waals surface area contributed by atoms with E-state index < -0.39 is 12.0 Å². The van der Waals surface area contributed by atoms with Crippen LogP contribution in [0.1, 0.15) is 16.5 Å². The molecule has 126 valence electrons. The molecule has 0 radical (unpaired) electrons. The van der Waals surface area contributed by atoms with E-state index in [1.807, 2.05) is 17.4 Å². The molecule has 0 aliphatic carbocycles. The maximum Gasteiger partial charge on any atom is 0.159 e. The molecule has 2 fully saturated rings. The van der Waals surface area contributed by atoms with E-state index in [-0.39, 0.29) is 5.37 Å². The number of benzene rings is 1. The van der Waals surface area contributed by atoms with Gasteiger partial charge in [0.15, 0.2) is 5.37 Å². The van der Waals surface area contributed by atoms with Gasteiger partial charge in [-0.05, 0) is 18.2 Å². The first kappa shape index (κ1) is 16.6. The monoisotopic (exact) mass is 339 g/mol. The summed E-state index contributed by atoms with van der Waals surface area (Å²) in [7, 11) is 1.69. The summed E-state index contributed by atoms with van der Waals surface area (Å²) < 4.78 is 10.9. The van der Waals surface area contributed by atoms with Gasteiger partial charge in [0.05, 0.1) is 26.1 Å². The number of ether oxygens (including phenoxy) is 2. The first-order valence-corrected chi connectivity index (χ1v) is 8.98. The number of hydrogen-bond donors (Lipinski definition) is 2. The minimum atomic E-state index is -0.980. The Morgan fingerprint density at radius 3 is 2.91 bits per heavy atom. The Labute approximate surface area is 140 Å². The molecule has 6 nitrogen and oxygen atoms in total. The van der Waals surface area contributed by atoms with Gasteiger partial charge in [-0.2, -0.15) is 0 Å². The van der Waals surface area contributed by atoms with Crippen molar-refractivity contribution in [1.29, 1.82) is 0 Å². The third-order valence-corrected chi connectivity index (χ3v) is 5.78. The number of nitrogens with one attached hydrogen (secondary N) is 1. The normalized spacial score (nSPS) is 25.4. The maximum atomic E-state index is 11.0. The van der Waals surface area contributed by atoms with Gasteiger partial charge in [0.1, 0.15) is 37.4 Å². The van der Waals surface area contributed by atoms with Crippen molar-refractivity contribution in [2.45, 2.75) is 18.0 Å². The Morgan fingerprint density at radius 1 is 1.48 bits per heavy atom. The molecule has 0 bridgehead atoms. The van der Waals surface area contributed by atoms with Crippen molar-refractivity contribution in [2.75, 3.05) is 39.2 Å². The number of carboxylic acid groups (broad SMARTS) is 1. The standard InChI is InChI=1S/C16H22N2O4S/c1-21-14-3-2-11(15-17-13(10-23-15)16(19)20)8-12(14)9-18-4-6-22-7-5-18/h2-3,8,13,15,17H,4-7,9-10H2,1H3,(H,19,20)/p+1. The summed E-state index contributed by atoms with van der Waals surface area (Å²) in [5.41, 5.74) is 2.31. The summed E-state index contributed by atoms with van der Waals surface area (Å²) in [6.07, 6.45) is 0. The fraction of sp³-hybridized carbons (Fsp3) is 0.562. The fourth-order valence-electron chi connectivity index (χ4n) is 3.10. The van der Waals surface area contributed by atoms with Gasteiger partial charge in [0, 0.05) is 11.1 Å². The highest BCUT2D eigenvalue weighted by Crippen LogP contribution is 2.30. The predicted molar refractivity (Wildman–Crippen MR) is 84.1 cm³/mol. The summed E-state index contributed by atoms with van der Waals surface area (Å²) in [6, 6.07) is 5.72. The number of methoxy groups -OCH3 is 1. The van der Waals surface area contributed by atoms with Gasteiger partial charge in [-0.3, -0.25) is 0 Å². The molecule has 0 aromatic heterocycles. The van der Waals surface area contributed by atoms with Gasteiger partial charge < -0.3 is 29.6 Å². The summed E-state index contributed by atoms with van der Waals surface area (Å²) >= 11 is 1.66. The lowest BCUT2D eigenvalue weighted by Gasteiger charge is -2.24. The van der Waals surface area contributed by atoms with Gasteiger partial charge in [-0.15, -0.1) is 0 Å². The zero-order valence-corrected chi connectivity index (χ0v) is 14.1. The largest absolute Gasteiger partial charge is 0.544 e. The van der Waals surface area contributed by atoms with E-state index in [0.29, 0.717) is 5.75 Å². The van der Waals surface area contributed by atoms with Crippen LogP contribution < -0.4 is 20.1 Å². The number of thioether (sulfide) groups is 1. The first-order chi connectivity index (χ1) is 11.2. The second-order valence-corrected chi connectivity index (χ2v) is 7.16. The molecule has 2 unspecified atom stereocenters. The quantitative estimate of drug-likeness (QED) is 0.622. The third-order valence-electron chi connectivity index (χ3n) is 4.44. The maximum absolute atomic E-state index is 11.0. The van der Waals surface area contributed by atoms with Gasteiger partial charge in [0.2, 0.25) is 0 Å². The second-order valence-electron chi connectivity index (χ2n) is 5.98. The third kappa shape index (κ3) is 3.98. The van der Waals surface area contributed by atoms with Gasteiger partial charge in [-0.1, -0.05) is 11.8 Å². The average Bonchev–Trinajstić information content (AvgIpc) is 3.06. The fourth-order valence-corrected chi connectivity index (χ4v) is 4.40. The van der Waals surface area contributed by atoms with Crippen LogP contribution in [0.2, 0.25) is 0 Å². The molecule has 2 aliphatic rings. The number of carbonyl (C=O) groups is 1.